The molecule has 0 atom stereocenters. The van der Waals surface area contributed by atoms with Crippen LogP contribution in [0, 0.1) is 0 Å². The summed E-state index contributed by atoms with van der Waals surface area (Å²) in [6.45, 7) is 2.02. The summed E-state index contributed by atoms with van der Waals surface area (Å²) in [5, 5.41) is 3.13. The van der Waals surface area contributed by atoms with Crippen molar-refractivity contribution in [3.63, 3.8) is 0 Å². The number of anilines is 1. The molecule has 0 radical (unpaired) electrons. The van der Waals surface area contributed by atoms with Crippen LogP contribution in [-0.4, -0.2) is 21.6 Å². The molecule has 31 heavy (non-hydrogen) atoms. The number of fused-ring (bicyclic) bond motifs is 1. The Bertz CT molecular complexity index is 1340. The van der Waals surface area contributed by atoms with E-state index in [-0.39, 0.29) is 13.1 Å². The molecule has 8 nitrogen and oxygen atoms in total. The molecule has 2 heterocycles. The number of amides is 1. The van der Waals surface area contributed by atoms with Gasteiger partial charge >= 0.3 is 5.69 Å². The van der Waals surface area contributed by atoms with Crippen LogP contribution in [0.1, 0.15) is 12.7 Å². The fraction of sp³-hybridized carbons (Fsp3) is 0.174. The number of carbonyl (C=O) groups is 1. The van der Waals surface area contributed by atoms with Crippen molar-refractivity contribution in [1.29, 1.82) is 0 Å². The zero-order valence-corrected chi connectivity index (χ0v) is 16.9. The molecular weight excluding hydrogens is 398 g/mol. The molecule has 0 bridgehead atoms. The normalized spacial score (nSPS) is 10.9. The fourth-order valence-corrected chi connectivity index (χ4v) is 3.41. The highest BCUT2D eigenvalue weighted by Gasteiger charge is 2.17. The van der Waals surface area contributed by atoms with E-state index in [1.807, 2.05) is 13.0 Å². The number of hydrogen-bond donors (Lipinski definition) is 1. The molecule has 1 amide bonds. The minimum atomic E-state index is -0.589. The average molecular weight is 419 g/mol. The minimum absolute atomic E-state index is 0.0235. The van der Waals surface area contributed by atoms with E-state index in [1.54, 1.807) is 54.6 Å². The smallest absolute Gasteiger partial charge is 0.332 e. The summed E-state index contributed by atoms with van der Waals surface area (Å²) >= 11 is 0. The summed E-state index contributed by atoms with van der Waals surface area (Å²) in [6, 6.07) is 17.2. The number of nitrogens with one attached hydrogen (secondary N) is 1. The van der Waals surface area contributed by atoms with Gasteiger partial charge in [-0.1, -0.05) is 24.3 Å². The number of nitrogens with zero attached hydrogens (tertiary/aromatic N) is 2. The van der Waals surface area contributed by atoms with E-state index in [1.165, 1.54) is 10.8 Å². The SMILES string of the molecule is CCOc1ccccc1NC(=O)Cn1c(=O)n(Cc2ccco2)c(=O)c2ccccc21. The molecule has 4 aromatic rings. The van der Waals surface area contributed by atoms with Crippen molar-refractivity contribution in [2.75, 3.05) is 11.9 Å². The molecule has 0 saturated carbocycles. The second-order valence-corrected chi connectivity index (χ2v) is 6.83. The molecule has 1 N–H and O–H groups in total. The Morgan fingerprint density at radius 1 is 1.00 bits per heavy atom. The van der Waals surface area contributed by atoms with Gasteiger partial charge in [-0.15, -0.1) is 0 Å². The van der Waals surface area contributed by atoms with E-state index in [0.717, 1.165) is 4.57 Å². The number of furan rings is 1. The van der Waals surface area contributed by atoms with Crippen LogP contribution in [0.3, 0.4) is 0 Å². The number of para-hydroxylation sites is 3. The Labute approximate surface area is 177 Å². The van der Waals surface area contributed by atoms with E-state index in [2.05, 4.69) is 5.32 Å². The Morgan fingerprint density at radius 3 is 2.55 bits per heavy atom. The van der Waals surface area contributed by atoms with Crippen molar-refractivity contribution in [3.05, 3.63) is 93.5 Å². The molecule has 0 unspecified atom stereocenters. The van der Waals surface area contributed by atoms with Gasteiger partial charge in [0.1, 0.15) is 18.1 Å². The maximum atomic E-state index is 13.2. The van der Waals surface area contributed by atoms with Crippen molar-refractivity contribution in [2.45, 2.75) is 20.0 Å². The van der Waals surface area contributed by atoms with Crippen LogP contribution in [0.5, 0.6) is 5.75 Å². The highest BCUT2D eigenvalue weighted by atomic mass is 16.5. The third-order valence-corrected chi connectivity index (χ3v) is 4.79. The van der Waals surface area contributed by atoms with Crippen LogP contribution in [0.25, 0.3) is 10.9 Å². The summed E-state index contributed by atoms with van der Waals surface area (Å²) in [5.41, 5.74) is -0.124. The molecule has 0 fully saturated rings. The Morgan fingerprint density at radius 2 is 1.77 bits per heavy atom. The molecule has 0 spiro atoms. The van der Waals surface area contributed by atoms with Crippen LogP contribution in [-0.2, 0) is 17.9 Å². The van der Waals surface area contributed by atoms with Crippen LogP contribution in [0.15, 0.2) is 80.9 Å². The van der Waals surface area contributed by atoms with Crippen LogP contribution < -0.4 is 21.3 Å². The number of benzene rings is 2. The number of carbonyl (C=O) groups excluding carboxylic acids is 1. The maximum absolute atomic E-state index is 13.2. The summed E-state index contributed by atoms with van der Waals surface area (Å²) in [5.74, 6) is 0.595. The van der Waals surface area contributed by atoms with E-state index >= 15 is 0 Å². The zero-order valence-electron chi connectivity index (χ0n) is 16.9. The number of hydrogen-bond acceptors (Lipinski definition) is 5. The monoisotopic (exact) mass is 419 g/mol. The van der Waals surface area contributed by atoms with Gasteiger partial charge in [-0.3, -0.25) is 18.7 Å². The van der Waals surface area contributed by atoms with Gasteiger partial charge < -0.3 is 14.5 Å². The van der Waals surface area contributed by atoms with Gasteiger partial charge in [0.05, 0.1) is 36.0 Å². The van der Waals surface area contributed by atoms with Gasteiger partial charge in [0.25, 0.3) is 5.56 Å². The third-order valence-electron chi connectivity index (χ3n) is 4.79. The second kappa shape index (κ2) is 8.74. The zero-order chi connectivity index (χ0) is 21.8. The first kappa shape index (κ1) is 20.2. The highest BCUT2D eigenvalue weighted by molar-refractivity contribution is 5.93. The maximum Gasteiger partial charge on any atom is 0.332 e. The number of ether oxygens (including phenoxy) is 1. The van der Waals surface area contributed by atoms with Crippen LogP contribution >= 0.6 is 0 Å². The average Bonchev–Trinajstić information content (AvgIpc) is 3.29. The molecule has 0 aliphatic rings. The van der Waals surface area contributed by atoms with Gasteiger partial charge in [0.2, 0.25) is 5.91 Å². The molecule has 0 aliphatic carbocycles. The lowest BCUT2D eigenvalue weighted by molar-refractivity contribution is -0.116. The van der Waals surface area contributed by atoms with Crippen molar-refractivity contribution in [2.24, 2.45) is 0 Å². The number of aromatic nitrogens is 2. The lowest BCUT2D eigenvalue weighted by Gasteiger charge is -2.15. The first-order chi connectivity index (χ1) is 15.1. The molecule has 2 aromatic carbocycles. The predicted octanol–water partition coefficient (Wildman–Crippen LogP) is 2.84. The van der Waals surface area contributed by atoms with E-state index in [4.69, 9.17) is 9.15 Å². The molecule has 2 aromatic heterocycles. The van der Waals surface area contributed by atoms with Gasteiger partial charge in [-0.25, -0.2) is 4.79 Å². The molecule has 0 aliphatic heterocycles. The quantitative estimate of drug-likeness (QED) is 0.497. The van der Waals surface area contributed by atoms with E-state index in [9.17, 15) is 14.4 Å². The number of rotatable bonds is 7. The molecular formula is C23H21N3O5. The van der Waals surface area contributed by atoms with Gasteiger partial charge in [0, 0.05) is 0 Å². The summed E-state index contributed by atoms with van der Waals surface area (Å²) < 4.78 is 13.2. The predicted molar refractivity (Wildman–Crippen MR) is 117 cm³/mol. The largest absolute Gasteiger partial charge is 0.492 e. The molecule has 8 heteroatoms. The Kier molecular flexibility index (Phi) is 5.70. The molecule has 0 saturated heterocycles. The van der Waals surface area contributed by atoms with Gasteiger partial charge in [-0.2, -0.15) is 0 Å². The van der Waals surface area contributed by atoms with Crippen molar-refractivity contribution in [3.8, 4) is 5.75 Å². The third kappa shape index (κ3) is 4.13. The fourth-order valence-electron chi connectivity index (χ4n) is 3.41. The standard InChI is InChI=1S/C23H21N3O5/c1-2-30-20-12-6-4-10-18(20)24-21(27)15-25-19-11-5-3-9-17(19)22(28)26(23(25)29)14-16-8-7-13-31-16/h3-13H,2,14-15H2,1H3,(H,24,27). The highest BCUT2D eigenvalue weighted by Crippen LogP contribution is 2.23. The molecule has 158 valence electrons. The van der Waals surface area contributed by atoms with E-state index in [0.29, 0.717) is 34.7 Å². The Hall–Kier alpha value is -4.07. The summed E-state index contributed by atoms with van der Waals surface area (Å²) in [6.07, 6.45) is 1.48. The second-order valence-electron chi connectivity index (χ2n) is 6.83. The van der Waals surface area contributed by atoms with Gasteiger partial charge in [0.15, 0.2) is 0 Å². The minimum Gasteiger partial charge on any atom is -0.492 e. The van der Waals surface area contributed by atoms with Crippen molar-refractivity contribution in [1.82, 2.24) is 9.13 Å². The van der Waals surface area contributed by atoms with Gasteiger partial charge in [-0.05, 0) is 43.3 Å². The Balaban J connectivity index is 1.72. The lowest BCUT2D eigenvalue weighted by Crippen LogP contribution is -2.42. The first-order valence-corrected chi connectivity index (χ1v) is 9.85. The van der Waals surface area contributed by atoms with Crippen LogP contribution in [0.4, 0.5) is 5.69 Å². The topological polar surface area (TPSA) is 95.5 Å². The molecule has 4 rings (SSSR count). The van der Waals surface area contributed by atoms with Crippen molar-refractivity contribution < 1.29 is 13.9 Å². The summed E-state index contributed by atoms with van der Waals surface area (Å²) in [7, 11) is 0. The summed E-state index contributed by atoms with van der Waals surface area (Å²) in [4.78, 5) is 38.9. The van der Waals surface area contributed by atoms with E-state index < -0.39 is 17.2 Å². The first-order valence-electron chi connectivity index (χ1n) is 9.85. The van der Waals surface area contributed by atoms with Crippen molar-refractivity contribution >= 4 is 22.5 Å². The lowest BCUT2D eigenvalue weighted by atomic mass is 10.2. The van der Waals surface area contributed by atoms with Crippen LogP contribution in [0.2, 0.25) is 0 Å².